The Bertz CT molecular complexity index is 557. The molecule has 0 aliphatic rings. The lowest BCUT2D eigenvalue weighted by Gasteiger charge is -2.20. The maximum atomic E-state index is 13.9. The molecular weight excluding hydrogens is 255 g/mol. The smallest absolute Gasteiger partial charge is 0.134 e. The third-order valence-electron chi connectivity index (χ3n) is 2.90. The number of aryl methyl sites for hydroxylation is 1. The third-order valence-corrected chi connectivity index (χ3v) is 2.90. The molecule has 0 saturated heterocycles. The molecule has 6 heteroatoms. The molecule has 1 heterocycles. The summed E-state index contributed by atoms with van der Waals surface area (Å²) in [6.45, 7) is 2.33. The predicted molar refractivity (Wildman–Crippen MR) is 65.0 cm³/mol. The highest BCUT2D eigenvalue weighted by Gasteiger charge is 2.24. The molecular formula is C13H14F3N3. The van der Waals surface area contributed by atoms with Crippen LogP contribution in [0.3, 0.4) is 0 Å². The minimum absolute atomic E-state index is 0.202. The Hall–Kier alpha value is -1.82. The number of rotatable bonds is 4. The molecule has 2 rings (SSSR count). The summed E-state index contributed by atoms with van der Waals surface area (Å²) in [5.41, 5.74) is 0.401. The van der Waals surface area contributed by atoms with E-state index in [2.05, 4.69) is 10.4 Å². The summed E-state index contributed by atoms with van der Waals surface area (Å²) in [5, 5.41) is 6.96. The molecule has 3 nitrogen and oxygen atoms in total. The van der Waals surface area contributed by atoms with Gasteiger partial charge in [0, 0.05) is 30.9 Å². The van der Waals surface area contributed by atoms with Gasteiger partial charge in [0.25, 0.3) is 0 Å². The first-order valence-electron chi connectivity index (χ1n) is 5.90. The topological polar surface area (TPSA) is 29.9 Å². The standard InChI is InChI=1S/C13H14F3N3/c1-3-17-13(11-4-5-18-19(11)2)12-9(15)6-8(14)7-10(12)16/h4-7,13,17H,3H2,1-2H3. The van der Waals surface area contributed by atoms with Crippen molar-refractivity contribution in [2.75, 3.05) is 6.54 Å². The van der Waals surface area contributed by atoms with Crippen LogP contribution < -0.4 is 5.32 Å². The van der Waals surface area contributed by atoms with Crippen molar-refractivity contribution >= 4 is 0 Å². The van der Waals surface area contributed by atoms with Crippen LogP contribution in [0.25, 0.3) is 0 Å². The van der Waals surface area contributed by atoms with Gasteiger partial charge < -0.3 is 5.32 Å². The van der Waals surface area contributed by atoms with Crippen LogP contribution in [0.1, 0.15) is 24.2 Å². The Morgan fingerprint density at radius 3 is 2.37 bits per heavy atom. The highest BCUT2D eigenvalue weighted by atomic mass is 19.1. The van der Waals surface area contributed by atoms with Crippen molar-refractivity contribution in [2.24, 2.45) is 7.05 Å². The number of hydrogen-bond acceptors (Lipinski definition) is 2. The second-order valence-corrected chi connectivity index (χ2v) is 4.15. The summed E-state index contributed by atoms with van der Waals surface area (Å²) < 4.78 is 42.2. The molecule has 0 bridgehead atoms. The molecule has 1 aromatic carbocycles. The molecule has 0 fully saturated rings. The van der Waals surface area contributed by atoms with Gasteiger partial charge in [-0.3, -0.25) is 4.68 Å². The SMILES string of the molecule is CCNC(c1c(F)cc(F)cc1F)c1ccnn1C. The lowest BCUT2D eigenvalue weighted by Crippen LogP contribution is -2.26. The van der Waals surface area contributed by atoms with Crippen molar-refractivity contribution in [1.29, 1.82) is 0 Å². The maximum Gasteiger partial charge on any atom is 0.134 e. The average molecular weight is 269 g/mol. The van der Waals surface area contributed by atoms with Gasteiger partial charge in [0.15, 0.2) is 0 Å². The monoisotopic (exact) mass is 269 g/mol. The Morgan fingerprint density at radius 1 is 1.26 bits per heavy atom. The molecule has 0 aliphatic heterocycles. The summed E-state index contributed by atoms with van der Waals surface area (Å²) in [5.74, 6) is -2.76. The Balaban J connectivity index is 2.54. The van der Waals surface area contributed by atoms with Crippen molar-refractivity contribution < 1.29 is 13.2 Å². The molecule has 1 atom stereocenters. The van der Waals surface area contributed by atoms with Crippen molar-refractivity contribution in [1.82, 2.24) is 15.1 Å². The van der Waals surface area contributed by atoms with Crippen LogP contribution in [-0.4, -0.2) is 16.3 Å². The lowest BCUT2D eigenvalue weighted by molar-refractivity contribution is 0.479. The zero-order valence-electron chi connectivity index (χ0n) is 10.6. The molecule has 1 unspecified atom stereocenters. The minimum atomic E-state index is -0.931. The highest BCUT2D eigenvalue weighted by molar-refractivity contribution is 5.31. The first kappa shape index (κ1) is 13.6. The normalized spacial score (nSPS) is 12.7. The number of halogens is 3. The first-order chi connectivity index (χ1) is 9.04. The van der Waals surface area contributed by atoms with E-state index in [0.29, 0.717) is 24.4 Å². The molecule has 0 spiro atoms. The molecule has 1 N–H and O–H groups in total. The zero-order valence-corrected chi connectivity index (χ0v) is 10.6. The van der Waals surface area contributed by atoms with E-state index in [1.165, 1.54) is 4.68 Å². The van der Waals surface area contributed by atoms with E-state index in [9.17, 15) is 13.2 Å². The number of benzene rings is 1. The van der Waals surface area contributed by atoms with Gasteiger partial charge in [-0.15, -0.1) is 0 Å². The van der Waals surface area contributed by atoms with Gasteiger partial charge in [-0.2, -0.15) is 5.10 Å². The Labute approximate surface area is 109 Å². The summed E-state index contributed by atoms with van der Waals surface area (Å²) >= 11 is 0. The number of hydrogen-bond donors (Lipinski definition) is 1. The largest absolute Gasteiger partial charge is 0.305 e. The molecule has 2 aromatic rings. The fourth-order valence-corrected chi connectivity index (χ4v) is 2.06. The van der Waals surface area contributed by atoms with Crippen molar-refractivity contribution in [2.45, 2.75) is 13.0 Å². The highest BCUT2D eigenvalue weighted by Crippen LogP contribution is 2.27. The Kier molecular flexibility index (Phi) is 3.90. The van der Waals surface area contributed by atoms with Crippen LogP contribution in [0.2, 0.25) is 0 Å². The van der Waals surface area contributed by atoms with E-state index in [0.717, 1.165) is 0 Å². The van der Waals surface area contributed by atoms with Gasteiger partial charge >= 0.3 is 0 Å². The van der Waals surface area contributed by atoms with E-state index in [4.69, 9.17) is 0 Å². The van der Waals surface area contributed by atoms with Crippen molar-refractivity contribution in [3.63, 3.8) is 0 Å². The first-order valence-corrected chi connectivity index (χ1v) is 5.90. The molecule has 1 aromatic heterocycles. The van der Waals surface area contributed by atoms with Gasteiger partial charge in [0.1, 0.15) is 17.5 Å². The quantitative estimate of drug-likeness (QED) is 0.924. The van der Waals surface area contributed by atoms with Crippen LogP contribution in [0.4, 0.5) is 13.2 Å². The lowest BCUT2D eigenvalue weighted by atomic mass is 10.0. The van der Waals surface area contributed by atoms with E-state index in [-0.39, 0.29) is 5.56 Å². The second-order valence-electron chi connectivity index (χ2n) is 4.15. The van der Waals surface area contributed by atoms with Crippen LogP contribution in [-0.2, 0) is 7.05 Å². The molecule has 0 saturated carbocycles. The van der Waals surface area contributed by atoms with E-state index >= 15 is 0 Å². The minimum Gasteiger partial charge on any atom is -0.305 e. The van der Waals surface area contributed by atoms with Crippen LogP contribution in [0.15, 0.2) is 24.4 Å². The van der Waals surface area contributed by atoms with Gasteiger partial charge in [-0.05, 0) is 12.6 Å². The molecule has 0 radical (unpaired) electrons. The summed E-state index contributed by atoms with van der Waals surface area (Å²) in [6.07, 6.45) is 1.54. The zero-order chi connectivity index (χ0) is 14.0. The number of aromatic nitrogens is 2. The van der Waals surface area contributed by atoms with Gasteiger partial charge in [0.05, 0.1) is 11.7 Å². The van der Waals surface area contributed by atoms with Gasteiger partial charge in [0.2, 0.25) is 0 Å². The second kappa shape index (κ2) is 5.44. The fraction of sp³-hybridized carbons (Fsp3) is 0.308. The van der Waals surface area contributed by atoms with E-state index in [1.807, 2.05) is 6.92 Å². The number of nitrogens with one attached hydrogen (secondary N) is 1. The predicted octanol–water partition coefficient (Wildman–Crippen LogP) is 2.54. The summed E-state index contributed by atoms with van der Waals surface area (Å²) in [6, 6.07) is 2.31. The van der Waals surface area contributed by atoms with Crippen molar-refractivity contribution in [3.05, 3.63) is 53.1 Å². The van der Waals surface area contributed by atoms with Crippen LogP contribution >= 0.6 is 0 Å². The van der Waals surface area contributed by atoms with E-state index < -0.39 is 23.5 Å². The Morgan fingerprint density at radius 2 is 1.89 bits per heavy atom. The van der Waals surface area contributed by atoms with Gasteiger partial charge in [-0.1, -0.05) is 6.92 Å². The van der Waals surface area contributed by atoms with Crippen LogP contribution in [0, 0.1) is 17.5 Å². The molecule has 0 amide bonds. The molecule has 19 heavy (non-hydrogen) atoms. The van der Waals surface area contributed by atoms with Crippen LogP contribution in [0.5, 0.6) is 0 Å². The maximum absolute atomic E-state index is 13.9. The average Bonchev–Trinajstić information content (AvgIpc) is 2.73. The third kappa shape index (κ3) is 2.63. The van der Waals surface area contributed by atoms with Gasteiger partial charge in [-0.25, -0.2) is 13.2 Å². The number of nitrogens with zero attached hydrogens (tertiary/aromatic N) is 2. The fourth-order valence-electron chi connectivity index (χ4n) is 2.06. The summed E-state index contributed by atoms with van der Waals surface area (Å²) in [4.78, 5) is 0. The summed E-state index contributed by atoms with van der Waals surface area (Å²) in [7, 11) is 1.68. The molecule has 0 aliphatic carbocycles. The molecule has 102 valence electrons. The van der Waals surface area contributed by atoms with Crippen molar-refractivity contribution in [3.8, 4) is 0 Å². The van der Waals surface area contributed by atoms with E-state index in [1.54, 1.807) is 19.3 Å².